The summed E-state index contributed by atoms with van der Waals surface area (Å²) in [6, 6.07) is 10.8. The zero-order valence-corrected chi connectivity index (χ0v) is 22.7. The molecule has 1 N–H and O–H groups in total. The topological polar surface area (TPSA) is 150 Å². The summed E-state index contributed by atoms with van der Waals surface area (Å²) in [4.78, 5) is 42.2. The summed E-state index contributed by atoms with van der Waals surface area (Å²) in [7, 11) is 1.37. The zero-order chi connectivity index (χ0) is 29.5. The molecule has 0 fully saturated rings. The van der Waals surface area contributed by atoms with E-state index in [1.165, 1.54) is 44.8 Å². The monoisotopic (exact) mass is 570 g/mol. The molecule has 5 aromatic rings. The minimum absolute atomic E-state index is 0.00199. The van der Waals surface area contributed by atoms with Gasteiger partial charge in [0.25, 0.3) is 0 Å². The summed E-state index contributed by atoms with van der Waals surface area (Å²) in [6.07, 6.45) is 2.85. The van der Waals surface area contributed by atoms with Crippen LogP contribution in [0, 0.1) is 22.9 Å². The van der Waals surface area contributed by atoms with Gasteiger partial charge in [0, 0.05) is 43.5 Å². The van der Waals surface area contributed by atoms with E-state index in [4.69, 9.17) is 9.47 Å². The molecule has 0 atom stereocenters. The summed E-state index contributed by atoms with van der Waals surface area (Å²) in [5, 5.41) is 15.0. The molecule has 0 bridgehead atoms. The number of carbonyl (C=O) groups is 1. The number of nitro benzene ring substituents is 1. The summed E-state index contributed by atoms with van der Waals surface area (Å²) < 4.78 is 28.6. The van der Waals surface area contributed by atoms with Crippen molar-refractivity contribution < 1.29 is 23.6 Å². The van der Waals surface area contributed by atoms with Gasteiger partial charge in [0.15, 0.2) is 11.6 Å². The van der Waals surface area contributed by atoms with Crippen LogP contribution >= 0.6 is 0 Å². The number of nitro groups is 1. The van der Waals surface area contributed by atoms with Crippen LogP contribution in [0.3, 0.4) is 0 Å². The van der Waals surface area contributed by atoms with Gasteiger partial charge in [-0.2, -0.15) is 0 Å². The van der Waals surface area contributed by atoms with Crippen LogP contribution in [0.2, 0.25) is 0 Å². The molecule has 4 heterocycles. The van der Waals surface area contributed by atoms with Gasteiger partial charge in [-0.1, -0.05) is 12.1 Å². The lowest BCUT2D eigenvalue weighted by atomic mass is 10.0. The van der Waals surface area contributed by atoms with E-state index in [0.717, 1.165) is 0 Å². The molecule has 3 aromatic heterocycles. The minimum atomic E-state index is -0.680. The second-order valence-electron chi connectivity index (χ2n) is 9.42. The van der Waals surface area contributed by atoms with Gasteiger partial charge in [-0.15, -0.1) is 0 Å². The average molecular weight is 571 g/mol. The predicted molar refractivity (Wildman–Crippen MR) is 151 cm³/mol. The Balaban J connectivity index is 1.57. The SMILES string of the molecule is COc1c(N2CCn3c2c(-c2ccc(Oc4nccc(C)n4)c(F)c2)c2c(NC(C)=O)ncnc23)cccc1[N+](=O)[O-]. The maximum absolute atomic E-state index is 15.6. The van der Waals surface area contributed by atoms with Crippen molar-refractivity contribution in [3.63, 3.8) is 0 Å². The highest BCUT2D eigenvalue weighted by molar-refractivity contribution is 6.11. The molecule has 14 heteroatoms. The van der Waals surface area contributed by atoms with E-state index in [2.05, 4.69) is 25.3 Å². The second kappa shape index (κ2) is 10.4. The van der Waals surface area contributed by atoms with Gasteiger partial charge >= 0.3 is 11.7 Å². The Morgan fingerprint density at radius 2 is 1.98 bits per heavy atom. The number of methoxy groups -OCH3 is 1. The number of carbonyl (C=O) groups excluding carboxylic acids is 1. The number of aromatic nitrogens is 5. The quantitative estimate of drug-likeness (QED) is 0.205. The molecule has 13 nitrogen and oxygen atoms in total. The molecular formula is C28H23FN8O5. The van der Waals surface area contributed by atoms with E-state index < -0.39 is 10.7 Å². The lowest BCUT2D eigenvalue weighted by molar-refractivity contribution is -0.385. The van der Waals surface area contributed by atoms with Crippen molar-refractivity contribution in [2.45, 2.75) is 20.4 Å². The fourth-order valence-corrected chi connectivity index (χ4v) is 5.12. The lowest BCUT2D eigenvalue weighted by Crippen LogP contribution is -2.16. The third-order valence-electron chi connectivity index (χ3n) is 6.77. The smallest absolute Gasteiger partial charge is 0.322 e. The molecule has 0 spiro atoms. The van der Waals surface area contributed by atoms with Crippen molar-refractivity contribution >= 4 is 40.0 Å². The number of halogens is 1. The van der Waals surface area contributed by atoms with Gasteiger partial charge in [-0.25, -0.2) is 24.3 Å². The number of hydrogen-bond acceptors (Lipinski definition) is 10. The van der Waals surface area contributed by atoms with Crippen LogP contribution in [0.5, 0.6) is 17.5 Å². The number of fused-ring (bicyclic) bond motifs is 3. The molecule has 0 saturated carbocycles. The molecule has 0 aliphatic carbocycles. The molecule has 42 heavy (non-hydrogen) atoms. The molecule has 1 aliphatic rings. The van der Waals surface area contributed by atoms with Crippen LogP contribution < -0.4 is 19.7 Å². The average Bonchev–Trinajstić information content (AvgIpc) is 3.52. The Labute approximate surface area is 237 Å². The number of anilines is 3. The van der Waals surface area contributed by atoms with Gasteiger partial charge in [0.2, 0.25) is 11.7 Å². The Bertz CT molecular complexity index is 1890. The van der Waals surface area contributed by atoms with Gasteiger partial charge in [0.05, 0.1) is 23.1 Å². The van der Waals surface area contributed by atoms with Gasteiger partial charge in [-0.3, -0.25) is 14.9 Å². The van der Waals surface area contributed by atoms with Gasteiger partial charge in [0.1, 0.15) is 23.6 Å². The number of benzene rings is 2. The van der Waals surface area contributed by atoms with Crippen LogP contribution in [0.25, 0.3) is 22.2 Å². The summed E-state index contributed by atoms with van der Waals surface area (Å²) in [5.41, 5.74) is 2.35. The minimum Gasteiger partial charge on any atom is -0.489 e. The maximum atomic E-state index is 15.6. The third kappa shape index (κ3) is 4.48. The highest BCUT2D eigenvalue weighted by Gasteiger charge is 2.34. The van der Waals surface area contributed by atoms with E-state index >= 15 is 4.39 Å². The molecule has 0 radical (unpaired) electrons. The lowest BCUT2D eigenvalue weighted by Gasteiger charge is -2.22. The fourth-order valence-electron chi connectivity index (χ4n) is 5.12. The van der Waals surface area contributed by atoms with Crippen molar-refractivity contribution in [1.29, 1.82) is 0 Å². The molecule has 6 rings (SSSR count). The summed E-state index contributed by atoms with van der Waals surface area (Å²) in [6.45, 7) is 3.99. The zero-order valence-electron chi connectivity index (χ0n) is 22.7. The van der Waals surface area contributed by atoms with Crippen LogP contribution in [-0.2, 0) is 11.3 Å². The first-order valence-corrected chi connectivity index (χ1v) is 12.8. The molecule has 1 amide bonds. The van der Waals surface area contributed by atoms with Crippen molar-refractivity contribution in [3.05, 3.63) is 76.6 Å². The number of rotatable bonds is 7. The number of hydrogen-bond donors (Lipinski definition) is 1. The fraction of sp³-hybridized carbons (Fsp3) is 0.179. The van der Waals surface area contributed by atoms with E-state index in [0.29, 0.717) is 52.4 Å². The van der Waals surface area contributed by atoms with E-state index in [-0.39, 0.29) is 34.9 Å². The number of ether oxygens (including phenoxy) is 2. The summed E-state index contributed by atoms with van der Waals surface area (Å²) >= 11 is 0. The van der Waals surface area contributed by atoms with Crippen LogP contribution in [0.15, 0.2) is 55.0 Å². The first-order chi connectivity index (χ1) is 20.3. The van der Waals surface area contributed by atoms with E-state index in [1.54, 1.807) is 31.2 Å². The highest BCUT2D eigenvalue weighted by Crippen LogP contribution is 2.50. The molecular weight excluding hydrogens is 547 g/mol. The number of amides is 1. The number of aryl methyl sites for hydroxylation is 1. The molecule has 0 unspecified atom stereocenters. The highest BCUT2D eigenvalue weighted by atomic mass is 19.1. The first-order valence-electron chi connectivity index (χ1n) is 12.8. The second-order valence-corrected chi connectivity index (χ2v) is 9.42. The molecule has 1 aliphatic heterocycles. The van der Waals surface area contributed by atoms with Crippen molar-refractivity contribution in [2.75, 3.05) is 23.9 Å². The van der Waals surface area contributed by atoms with Crippen LogP contribution in [-0.4, -0.2) is 49.0 Å². The first kappa shape index (κ1) is 26.6. The van der Waals surface area contributed by atoms with E-state index in [9.17, 15) is 14.9 Å². The Morgan fingerprint density at radius 3 is 2.69 bits per heavy atom. The van der Waals surface area contributed by atoms with E-state index in [1.807, 2.05) is 9.47 Å². The third-order valence-corrected chi connectivity index (χ3v) is 6.77. The van der Waals surface area contributed by atoms with Crippen molar-refractivity contribution in [1.82, 2.24) is 24.5 Å². The number of para-hydroxylation sites is 1. The van der Waals surface area contributed by atoms with Crippen LogP contribution in [0.1, 0.15) is 12.6 Å². The molecule has 2 aromatic carbocycles. The molecule has 0 saturated heterocycles. The Hall–Kier alpha value is -5.66. The molecule has 212 valence electrons. The van der Waals surface area contributed by atoms with Gasteiger partial charge in [-0.05, 0) is 36.8 Å². The number of nitrogens with zero attached hydrogens (tertiary/aromatic N) is 7. The standard InChI is InChI=1S/C28H23FN8O5/c1-15-9-10-30-28(33-15)42-21-8-7-17(13-18(21)29)22-23-25(34-16(2)38)31-14-32-26(23)36-12-11-35(27(22)36)19-5-4-6-20(37(39)40)24(19)41-3/h4-10,13-14H,11-12H2,1-3H3,(H,31,32,34,38). The largest absolute Gasteiger partial charge is 0.489 e. The Morgan fingerprint density at radius 1 is 1.14 bits per heavy atom. The maximum Gasteiger partial charge on any atom is 0.322 e. The Kier molecular flexibility index (Phi) is 6.57. The number of nitrogens with one attached hydrogen (secondary N) is 1. The predicted octanol–water partition coefficient (Wildman–Crippen LogP) is 5.16. The summed E-state index contributed by atoms with van der Waals surface area (Å²) in [5.74, 6) is -0.220. The normalized spacial score (nSPS) is 12.3. The van der Waals surface area contributed by atoms with Crippen LogP contribution in [0.4, 0.5) is 27.4 Å². The van der Waals surface area contributed by atoms with Gasteiger partial charge < -0.3 is 24.3 Å². The van der Waals surface area contributed by atoms with Crippen molar-refractivity contribution in [2.24, 2.45) is 0 Å². The van der Waals surface area contributed by atoms with Crippen molar-refractivity contribution in [3.8, 4) is 28.6 Å².